The number of benzene rings is 2. The average molecular weight is 384 g/mol. The van der Waals surface area contributed by atoms with Crippen molar-refractivity contribution in [3.63, 3.8) is 0 Å². The maximum atomic E-state index is 13.8. The Hall–Kier alpha value is -2.60. The zero-order valence-corrected chi connectivity index (χ0v) is 16.1. The largest absolute Gasteiger partial charge is 0.356 e. The minimum absolute atomic E-state index is 0.102. The van der Waals surface area contributed by atoms with Crippen LogP contribution < -0.4 is 5.32 Å². The Morgan fingerprint density at radius 3 is 2.63 bits per heavy atom. The quantitative estimate of drug-likeness (QED) is 0.592. The number of hydrogen-bond donors (Lipinski definition) is 1. The highest BCUT2D eigenvalue weighted by Gasteiger charge is 2.12. The van der Waals surface area contributed by atoms with E-state index in [1.165, 1.54) is 11.0 Å². The summed E-state index contributed by atoms with van der Waals surface area (Å²) < 4.78 is 19.0. The second kappa shape index (κ2) is 8.86. The third-order valence-corrected chi connectivity index (χ3v) is 4.84. The molecule has 2 aromatic carbocycles. The van der Waals surface area contributed by atoms with Gasteiger partial charge in [0.15, 0.2) is 5.76 Å². The van der Waals surface area contributed by atoms with E-state index in [0.717, 1.165) is 5.56 Å². The molecular formula is C21H21FN2O2S. The van der Waals surface area contributed by atoms with E-state index < -0.39 is 0 Å². The first kappa shape index (κ1) is 19.2. The molecule has 0 spiro atoms. The SMILES string of the molecule is CC(C)Sc1ccc(CC(=O)NCc2cc(-c3ccccc3F)on2)cc1. The lowest BCUT2D eigenvalue weighted by Gasteiger charge is -2.06. The summed E-state index contributed by atoms with van der Waals surface area (Å²) in [6.07, 6.45) is 0.296. The third kappa shape index (κ3) is 5.44. The maximum absolute atomic E-state index is 13.8. The molecule has 0 aliphatic heterocycles. The first-order chi connectivity index (χ1) is 13.0. The number of thioether (sulfide) groups is 1. The minimum atomic E-state index is -0.372. The van der Waals surface area contributed by atoms with Gasteiger partial charge in [-0.15, -0.1) is 11.8 Å². The summed E-state index contributed by atoms with van der Waals surface area (Å²) >= 11 is 1.79. The topological polar surface area (TPSA) is 55.1 Å². The smallest absolute Gasteiger partial charge is 0.224 e. The van der Waals surface area contributed by atoms with E-state index in [-0.39, 0.29) is 18.3 Å². The maximum Gasteiger partial charge on any atom is 0.224 e. The predicted octanol–water partition coefficient (Wildman–Crippen LogP) is 4.84. The fourth-order valence-corrected chi connectivity index (χ4v) is 3.42. The van der Waals surface area contributed by atoms with Crippen LogP contribution in [0.2, 0.25) is 0 Å². The summed E-state index contributed by atoms with van der Waals surface area (Å²) in [7, 11) is 0. The van der Waals surface area contributed by atoms with Crippen LogP contribution in [0.25, 0.3) is 11.3 Å². The second-order valence-corrected chi connectivity index (χ2v) is 8.08. The Labute approximate surface area is 162 Å². The first-order valence-corrected chi connectivity index (χ1v) is 9.62. The van der Waals surface area contributed by atoms with Gasteiger partial charge in [-0.1, -0.05) is 43.3 Å². The highest BCUT2D eigenvalue weighted by atomic mass is 32.2. The van der Waals surface area contributed by atoms with Gasteiger partial charge in [0.1, 0.15) is 11.5 Å². The molecule has 0 saturated carbocycles. The molecule has 0 radical (unpaired) electrons. The normalized spacial score (nSPS) is 11.0. The highest BCUT2D eigenvalue weighted by Crippen LogP contribution is 2.24. The lowest BCUT2D eigenvalue weighted by Crippen LogP contribution is -2.24. The Balaban J connectivity index is 1.53. The Bertz CT molecular complexity index is 907. The molecule has 0 saturated heterocycles. The van der Waals surface area contributed by atoms with Gasteiger partial charge in [-0.2, -0.15) is 0 Å². The number of amides is 1. The van der Waals surface area contributed by atoms with Gasteiger partial charge in [-0.25, -0.2) is 4.39 Å². The van der Waals surface area contributed by atoms with E-state index in [4.69, 9.17) is 4.52 Å². The van der Waals surface area contributed by atoms with E-state index in [1.54, 1.807) is 36.0 Å². The molecule has 0 unspecified atom stereocenters. The van der Waals surface area contributed by atoms with E-state index in [2.05, 4.69) is 24.3 Å². The molecule has 0 bridgehead atoms. The summed E-state index contributed by atoms with van der Waals surface area (Å²) in [5.41, 5.74) is 1.85. The van der Waals surface area contributed by atoms with E-state index in [1.807, 2.05) is 24.3 Å². The molecule has 3 rings (SSSR count). The third-order valence-electron chi connectivity index (χ3n) is 3.82. The number of hydrogen-bond acceptors (Lipinski definition) is 4. The Morgan fingerprint density at radius 2 is 1.93 bits per heavy atom. The fourth-order valence-electron chi connectivity index (χ4n) is 2.58. The van der Waals surface area contributed by atoms with Gasteiger partial charge >= 0.3 is 0 Å². The summed E-state index contributed by atoms with van der Waals surface area (Å²) in [5.74, 6) is -0.131. The molecule has 0 fully saturated rings. The summed E-state index contributed by atoms with van der Waals surface area (Å²) in [5, 5.41) is 7.23. The van der Waals surface area contributed by atoms with Gasteiger partial charge in [0, 0.05) is 16.2 Å². The van der Waals surface area contributed by atoms with Crippen LogP contribution in [0.15, 0.2) is 64.0 Å². The number of halogens is 1. The van der Waals surface area contributed by atoms with Gasteiger partial charge in [-0.05, 0) is 29.8 Å². The van der Waals surface area contributed by atoms with Crippen molar-refractivity contribution in [1.29, 1.82) is 0 Å². The monoisotopic (exact) mass is 384 g/mol. The number of carbonyl (C=O) groups is 1. The molecule has 0 aliphatic rings. The van der Waals surface area contributed by atoms with Crippen molar-refractivity contribution in [2.45, 2.75) is 37.0 Å². The molecule has 140 valence electrons. The molecule has 6 heteroatoms. The molecule has 27 heavy (non-hydrogen) atoms. The van der Waals surface area contributed by atoms with Crippen LogP contribution >= 0.6 is 11.8 Å². The Kier molecular flexibility index (Phi) is 6.29. The molecule has 1 heterocycles. The van der Waals surface area contributed by atoms with Crippen molar-refractivity contribution < 1.29 is 13.7 Å². The average Bonchev–Trinajstić information content (AvgIpc) is 3.10. The lowest BCUT2D eigenvalue weighted by atomic mass is 10.1. The van der Waals surface area contributed by atoms with Crippen LogP contribution in [-0.2, 0) is 17.8 Å². The molecule has 4 nitrogen and oxygen atoms in total. The molecule has 1 aromatic heterocycles. The summed E-state index contributed by atoms with van der Waals surface area (Å²) in [4.78, 5) is 13.3. The number of rotatable bonds is 7. The van der Waals surface area contributed by atoms with Gasteiger partial charge in [0.05, 0.1) is 18.5 Å². The van der Waals surface area contributed by atoms with Gasteiger partial charge < -0.3 is 9.84 Å². The summed E-state index contributed by atoms with van der Waals surface area (Å²) in [6.45, 7) is 4.53. The lowest BCUT2D eigenvalue weighted by molar-refractivity contribution is -0.120. The zero-order valence-electron chi connectivity index (χ0n) is 15.2. The first-order valence-electron chi connectivity index (χ1n) is 8.74. The number of aromatic nitrogens is 1. The van der Waals surface area contributed by atoms with E-state index >= 15 is 0 Å². The van der Waals surface area contributed by atoms with Crippen LogP contribution in [-0.4, -0.2) is 16.3 Å². The van der Waals surface area contributed by atoms with Gasteiger partial charge in [0.25, 0.3) is 0 Å². The highest BCUT2D eigenvalue weighted by molar-refractivity contribution is 7.99. The van der Waals surface area contributed by atoms with Crippen molar-refractivity contribution >= 4 is 17.7 Å². The Morgan fingerprint density at radius 1 is 1.19 bits per heavy atom. The summed E-state index contributed by atoms with van der Waals surface area (Å²) in [6, 6.07) is 16.0. The molecule has 0 aliphatic carbocycles. The van der Waals surface area contributed by atoms with E-state index in [9.17, 15) is 9.18 Å². The predicted molar refractivity (Wildman–Crippen MR) is 105 cm³/mol. The second-order valence-electron chi connectivity index (χ2n) is 6.43. The molecule has 0 atom stereocenters. The van der Waals surface area contributed by atoms with Crippen molar-refractivity contribution in [2.24, 2.45) is 0 Å². The number of nitrogens with zero attached hydrogens (tertiary/aromatic N) is 1. The van der Waals surface area contributed by atoms with E-state index in [0.29, 0.717) is 28.7 Å². The van der Waals surface area contributed by atoms with Crippen LogP contribution in [0.4, 0.5) is 4.39 Å². The minimum Gasteiger partial charge on any atom is -0.356 e. The van der Waals surface area contributed by atoms with Crippen molar-refractivity contribution in [3.05, 3.63) is 71.7 Å². The van der Waals surface area contributed by atoms with Gasteiger partial charge in [0.2, 0.25) is 5.91 Å². The van der Waals surface area contributed by atoms with Crippen LogP contribution in [0, 0.1) is 5.82 Å². The zero-order chi connectivity index (χ0) is 19.2. The van der Waals surface area contributed by atoms with Crippen LogP contribution in [0.5, 0.6) is 0 Å². The van der Waals surface area contributed by atoms with Gasteiger partial charge in [-0.3, -0.25) is 4.79 Å². The molecule has 1 N–H and O–H groups in total. The standard InChI is InChI=1S/C21H21FN2O2S/c1-14(2)27-17-9-7-15(8-10-17)11-21(25)23-13-16-12-20(26-24-16)18-5-3-4-6-19(18)22/h3-10,12,14H,11,13H2,1-2H3,(H,23,25). The van der Waals surface area contributed by atoms with Crippen molar-refractivity contribution in [3.8, 4) is 11.3 Å². The fraction of sp³-hybridized carbons (Fsp3) is 0.238. The molecule has 3 aromatic rings. The molecular weight excluding hydrogens is 363 g/mol. The number of carbonyl (C=O) groups excluding carboxylic acids is 1. The van der Waals surface area contributed by atoms with Crippen LogP contribution in [0.3, 0.4) is 0 Å². The van der Waals surface area contributed by atoms with Crippen molar-refractivity contribution in [2.75, 3.05) is 0 Å². The molecule has 1 amide bonds. The van der Waals surface area contributed by atoms with Crippen molar-refractivity contribution in [1.82, 2.24) is 10.5 Å². The van der Waals surface area contributed by atoms with Crippen LogP contribution in [0.1, 0.15) is 25.1 Å². The number of nitrogens with one attached hydrogen (secondary N) is 1.